The van der Waals surface area contributed by atoms with Crippen LogP contribution in [0.25, 0.3) is 0 Å². The van der Waals surface area contributed by atoms with Gasteiger partial charge in [0.05, 0.1) is 26.4 Å². The SMILES string of the molecule is CC(C)(C)[Si](C)(C)OCCOCCOC(c1ccccc1)(c1ccccc1)c1ccccc1. The quantitative estimate of drug-likeness (QED) is 0.174. The van der Waals surface area contributed by atoms with Crippen molar-refractivity contribution >= 4 is 8.32 Å². The molecule has 0 saturated heterocycles. The molecule has 0 saturated carbocycles. The summed E-state index contributed by atoms with van der Waals surface area (Å²) >= 11 is 0. The van der Waals surface area contributed by atoms with Crippen molar-refractivity contribution in [3.63, 3.8) is 0 Å². The molecule has 0 heterocycles. The molecule has 0 N–H and O–H groups in total. The zero-order valence-electron chi connectivity index (χ0n) is 20.7. The number of hydrogen-bond donors (Lipinski definition) is 0. The molecule has 0 aliphatic rings. The molecule has 0 radical (unpaired) electrons. The fourth-order valence-electron chi connectivity index (χ4n) is 3.70. The molecular formula is C29H38O3Si. The Morgan fingerprint density at radius 1 is 0.576 bits per heavy atom. The Morgan fingerprint density at radius 3 is 1.36 bits per heavy atom. The first-order valence-corrected chi connectivity index (χ1v) is 14.7. The average Bonchev–Trinajstić information content (AvgIpc) is 2.82. The van der Waals surface area contributed by atoms with Gasteiger partial charge in [-0.2, -0.15) is 0 Å². The van der Waals surface area contributed by atoms with E-state index in [1.54, 1.807) is 0 Å². The summed E-state index contributed by atoms with van der Waals surface area (Å²) in [6.07, 6.45) is 0. The lowest BCUT2D eigenvalue weighted by Gasteiger charge is -2.36. The van der Waals surface area contributed by atoms with Crippen molar-refractivity contribution in [2.45, 2.75) is 44.5 Å². The Hall–Kier alpha value is -2.24. The van der Waals surface area contributed by atoms with Gasteiger partial charge in [0.15, 0.2) is 8.32 Å². The zero-order valence-corrected chi connectivity index (χ0v) is 21.7. The van der Waals surface area contributed by atoms with Crippen molar-refractivity contribution in [3.8, 4) is 0 Å². The molecule has 0 spiro atoms. The number of rotatable bonds is 11. The topological polar surface area (TPSA) is 27.7 Å². The summed E-state index contributed by atoms with van der Waals surface area (Å²) in [6.45, 7) is 13.5. The second-order valence-corrected chi connectivity index (χ2v) is 14.7. The maximum absolute atomic E-state index is 6.73. The third kappa shape index (κ3) is 6.21. The first-order valence-electron chi connectivity index (χ1n) is 11.8. The van der Waals surface area contributed by atoms with Crippen LogP contribution in [0, 0.1) is 0 Å². The monoisotopic (exact) mass is 462 g/mol. The van der Waals surface area contributed by atoms with E-state index in [4.69, 9.17) is 13.9 Å². The first-order chi connectivity index (χ1) is 15.8. The second-order valence-electron chi connectivity index (χ2n) is 9.85. The van der Waals surface area contributed by atoms with Crippen LogP contribution in [-0.2, 0) is 19.5 Å². The van der Waals surface area contributed by atoms with E-state index in [0.29, 0.717) is 26.4 Å². The van der Waals surface area contributed by atoms with Gasteiger partial charge in [-0.25, -0.2) is 0 Å². The van der Waals surface area contributed by atoms with Gasteiger partial charge >= 0.3 is 0 Å². The largest absolute Gasteiger partial charge is 0.414 e. The van der Waals surface area contributed by atoms with Crippen molar-refractivity contribution in [1.82, 2.24) is 0 Å². The molecule has 0 bridgehead atoms. The fraction of sp³-hybridized carbons (Fsp3) is 0.379. The normalized spacial score (nSPS) is 12.6. The summed E-state index contributed by atoms with van der Waals surface area (Å²) in [5.41, 5.74) is 2.60. The lowest BCUT2D eigenvalue weighted by atomic mass is 9.80. The second kappa shape index (κ2) is 11.3. The van der Waals surface area contributed by atoms with E-state index in [2.05, 4.69) is 107 Å². The van der Waals surface area contributed by atoms with E-state index in [1.165, 1.54) is 0 Å². The van der Waals surface area contributed by atoms with Gasteiger partial charge in [0.1, 0.15) is 5.60 Å². The van der Waals surface area contributed by atoms with Crippen LogP contribution in [0.4, 0.5) is 0 Å². The van der Waals surface area contributed by atoms with Crippen molar-refractivity contribution in [1.29, 1.82) is 0 Å². The summed E-state index contributed by atoms with van der Waals surface area (Å²) in [5, 5.41) is 0.205. The molecule has 0 aliphatic carbocycles. The maximum Gasteiger partial charge on any atom is 0.192 e. The first kappa shape index (κ1) is 25.4. The summed E-state index contributed by atoms with van der Waals surface area (Å²) in [4.78, 5) is 0. The lowest BCUT2D eigenvalue weighted by Crippen LogP contribution is -2.41. The third-order valence-corrected chi connectivity index (χ3v) is 11.1. The van der Waals surface area contributed by atoms with Crippen molar-refractivity contribution in [2.24, 2.45) is 0 Å². The summed E-state index contributed by atoms with van der Waals surface area (Å²) in [5.74, 6) is 0. The van der Waals surface area contributed by atoms with Gasteiger partial charge in [0.25, 0.3) is 0 Å². The van der Waals surface area contributed by atoms with E-state index in [1.807, 2.05) is 18.2 Å². The molecule has 0 unspecified atom stereocenters. The van der Waals surface area contributed by atoms with Crippen LogP contribution in [0.15, 0.2) is 91.0 Å². The van der Waals surface area contributed by atoms with Gasteiger partial charge in [-0.05, 0) is 34.8 Å². The number of hydrogen-bond acceptors (Lipinski definition) is 3. The minimum absolute atomic E-state index is 0.205. The standard InChI is InChI=1S/C29H38O3Si/c1-28(2,3)33(4,5)32-24-22-30-21-23-31-29(25-15-9-6-10-16-25,26-17-11-7-12-18-26)27-19-13-8-14-20-27/h6-20H,21-24H2,1-5H3. The molecule has 3 aromatic rings. The van der Waals surface area contributed by atoms with Crippen LogP contribution in [0.5, 0.6) is 0 Å². The van der Waals surface area contributed by atoms with Crippen LogP contribution in [0.3, 0.4) is 0 Å². The van der Waals surface area contributed by atoms with Gasteiger partial charge in [-0.1, -0.05) is 112 Å². The molecule has 3 aromatic carbocycles. The Morgan fingerprint density at radius 2 is 0.970 bits per heavy atom. The van der Waals surface area contributed by atoms with Gasteiger partial charge in [0.2, 0.25) is 0 Å². The number of benzene rings is 3. The molecule has 0 amide bonds. The Bertz CT molecular complexity index is 854. The van der Waals surface area contributed by atoms with Crippen molar-refractivity contribution in [2.75, 3.05) is 26.4 Å². The summed E-state index contributed by atoms with van der Waals surface area (Å²) in [7, 11) is -1.75. The third-order valence-electron chi connectivity index (χ3n) is 6.58. The molecule has 0 fully saturated rings. The Balaban J connectivity index is 1.73. The van der Waals surface area contributed by atoms with E-state index < -0.39 is 13.9 Å². The van der Waals surface area contributed by atoms with Crippen molar-refractivity contribution < 1.29 is 13.9 Å². The average molecular weight is 463 g/mol. The summed E-state index contributed by atoms with van der Waals surface area (Å²) in [6, 6.07) is 31.3. The highest BCUT2D eigenvalue weighted by molar-refractivity contribution is 6.74. The van der Waals surface area contributed by atoms with Crippen LogP contribution in [0.2, 0.25) is 18.1 Å². The molecular weight excluding hydrogens is 424 g/mol. The van der Waals surface area contributed by atoms with Gasteiger partial charge in [-0.15, -0.1) is 0 Å². The maximum atomic E-state index is 6.73. The predicted octanol–water partition coefficient (Wildman–Crippen LogP) is 7.03. The molecule has 3 rings (SSSR count). The Kier molecular flexibility index (Phi) is 8.66. The molecule has 3 nitrogen and oxygen atoms in total. The number of ether oxygens (including phenoxy) is 2. The zero-order chi connectivity index (χ0) is 23.8. The van der Waals surface area contributed by atoms with E-state index >= 15 is 0 Å². The highest BCUT2D eigenvalue weighted by atomic mass is 28.4. The van der Waals surface area contributed by atoms with E-state index in [-0.39, 0.29) is 5.04 Å². The molecule has 4 heteroatoms. The van der Waals surface area contributed by atoms with E-state index in [0.717, 1.165) is 16.7 Å². The molecule has 0 aliphatic heterocycles. The lowest BCUT2D eigenvalue weighted by molar-refractivity contribution is -0.0276. The minimum atomic E-state index is -1.75. The van der Waals surface area contributed by atoms with Crippen molar-refractivity contribution in [3.05, 3.63) is 108 Å². The molecule has 0 aromatic heterocycles. The minimum Gasteiger partial charge on any atom is -0.414 e. The summed E-state index contributed by atoms with van der Waals surface area (Å²) < 4.78 is 18.9. The molecule has 33 heavy (non-hydrogen) atoms. The van der Waals surface area contributed by atoms with Gasteiger partial charge in [0, 0.05) is 0 Å². The highest BCUT2D eigenvalue weighted by Gasteiger charge is 2.38. The van der Waals surface area contributed by atoms with E-state index in [9.17, 15) is 0 Å². The molecule has 0 atom stereocenters. The fourth-order valence-corrected chi connectivity index (χ4v) is 4.72. The van der Waals surface area contributed by atoms with Crippen LogP contribution in [0.1, 0.15) is 37.5 Å². The van der Waals surface area contributed by atoms with Crippen LogP contribution >= 0.6 is 0 Å². The highest BCUT2D eigenvalue weighted by Crippen LogP contribution is 2.40. The van der Waals surface area contributed by atoms with Gasteiger partial charge < -0.3 is 13.9 Å². The smallest absolute Gasteiger partial charge is 0.192 e. The van der Waals surface area contributed by atoms with Crippen LogP contribution in [-0.4, -0.2) is 34.7 Å². The van der Waals surface area contributed by atoms with Crippen LogP contribution < -0.4 is 0 Å². The Labute approximate surface area is 200 Å². The molecule has 176 valence electrons. The van der Waals surface area contributed by atoms with Gasteiger partial charge in [-0.3, -0.25) is 0 Å². The predicted molar refractivity (Wildman–Crippen MR) is 139 cm³/mol.